The average molecular weight is 324 g/mol. The summed E-state index contributed by atoms with van der Waals surface area (Å²) < 4.78 is 39.3. The van der Waals surface area contributed by atoms with Gasteiger partial charge in [0.25, 0.3) is 0 Å². The van der Waals surface area contributed by atoms with Crippen LogP contribution in [0.25, 0.3) is 0 Å². The number of anilines is 1. The molecule has 108 valence electrons. The number of alkyl halides is 4. The number of hydrogen-bond donors (Lipinski definition) is 0. The van der Waals surface area contributed by atoms with E-state index in [1.165, 1.54) is 11.3 Å². The summed E-state index contributed by atoms with van der Waals surface area (Å²) in [6, 6.07) is 0. The molecule has 0 atom stereocenters. The first-order valence-corrected chi connectivity index (χ1v) is 7.15. The smallest absolute Gasteiger partial charge is 0.339 e. The van der Waals surface area contributed by atoms with Crippen LogP contribution >= 0.6 is 22.9 Å². The normalized spacial score (nSPS) is 15.5. The molecule has 0 N–H and O–H groups in total. The zero-order chi connectivity index (χ0) is 14.3. The van der Waals surface area contributed by atoms with Gasteiger partial charge in [-0.3, -0.25) is 0 Å². The number of thiazole rings is 1. The standard InChI is InChI=1S/C10H9ClF3N5S/c11-3-6-5-20-9(15-6)18-1-2-19-7(4-18)16-17-8(19)10(12,13)14/h5H,1-4H2. The van der Waals surface area contributed by atoms with Gasteiger partial charge in [0, 0.05) is 18.5 Å². The third-order valence-corrected chi connectivity index (χ3v) is 4.18. The van der Waals surface area contributed by atoms with E-state index in [1.54, 1.807) is 0 Å². The molecule has 1 aliphatic rings. The highest BCUT2D eigenvalue weighted by molar-refractivity contribution is 7.13. The van der Waals surface area contributed by atoms with E-state index in [9.17, 15) is 13.2 Å². The monoisotopic (exact) mass is 323 g/mol. The predicted molar refractivity (Wildman–Crippen MR) is 67.7 cm³/mol. The Kier molecular flexibility index (Phi) is 3.33. The van der Waals surface area contributed by atoms with E-state index in [4.69, 9.17) is 11.6 Å². The summed E-state index contributed by atoms with van der Waals surface area (Å²) in [6.45, 7) is 0.884. The third kappa shape index (κ3) is 2.35. The molecule has 0 radical (unpaired) electrons. The molecule has 3 heterocycles. The van der Waals surface area contributed by atoms with E-state index in [0.29, 0.717) is 18.2 Å². The molecular weight excluding hydrogens is 315 g/mol. The first kappa shape index (κ1) is 13.6. The Balaban J connectivity index is 1.84. The Bertz CT molecular complexity index is 623. The maximum Gasteiger partial charge on any atom is 0.451 e. The molecular formula is C10H9ClF3N5S. The van der Waals surface area contributed by atoms with Gasteiger partial charge in [-0.15, -0.1) is 33.1 Å². The van der Waals surface area contributed by atoms with Gasteiger partial charge in [-0.05, 0) is 0 Å². The van der Waals surface area contributed by atoms with Gasteiger partial charge in [-0.25, -0.2) is 4.98 Å². The minimum absolute atomic E-state index is 0.187. The van der Waals surface area contributed by atoms with Crippen LogP contribution in [-0.4, -0.2) is 26.3 Å². The first-order valence-electron chi connectivity index (χ1n) is 5.73. The van der Waals surface area contributed by atoms with Gasteiger partial charge in [-0.2, -0.15) is 13.2 Å². The summed E-state index contributed by atoms with van der Waals surface area (Å²) in [5, 5.41) is 9.45. The van der Waals surface area contributed by atoms with Crippen molar-refractivity contribution in [2.24, 2.45) is 0 Å². The molecule has 5 nitrogen and oxygen atoms in total. The Labute approximate surface area is 121 Å². The summed E-state index contributed by atoms with van der Waals surface area (Å²) in [6.07, 6.45) is -4.47. The molecule has 0 fully saturated rings. The summed E-state index contributed by atoms with van der Waals surface area (Å²) in [7, 11) is 0. The summed E-state index contributed by atoms with van der Waals surface area (Å²) in [5.41, 5.74) is 0.759. The Morgan fingerprint density at radius 1 is 1.30 bits per heavy atom. The lowest BCUT2D eigenvalue weighted by atomic mass is 10.3. The highest BCUT2D eigenvalue weighted by atomic mass is 35.5. The van der Waals surface area contributed by atoms with Gasteiger partial charge < -0.3 is 9.47 Å². The predicted octanol–water partition coefficient (Wildman–Crippen LogP) is 2.51. The van der Waals surface area contributed by atoms with E-state index in [2.05, 4.69) is 15.2 Å². The summed E-state index contributed by atoms with van der Waals surface area (Å²) in [5.74, 6) is -0.322. The zero-order valence-electron chi connectivity index (χ0n) is 10.1. The fraction of sp³-hybridized carbons (Fsp3) is 0.500. The van der Waals surface area contributed by atoms with Crippen LogP contribution in [0.5, 0.6) is 0 Å². The van der Waals surface area contributed by atoms with Crippen LogP contribution < -0.4 is 4.90 Å². The van der Waals surface area contributed by atoms with Crippen LogP contribution in [0.1, 0.15) is 17.3 Å². The molecule has 10 heteroatoms. The Morgan fingerprint density at radius 3 is 2.75 bits per heavy atom. The number of fused-ring (bicyclic) bond motifs is 1. The van der Waals surface area contributed by atoms with Crippen LogP contribution in [0.4, 0.5) is 18.3 Å². The SMILES string of the molecule is FC(F)(F)c1nnc2n1CCN(c1nc(CCl)cs1)C2. The number of nitrogens with zero attached hydrogens (tertiary/aromatic N) is 5. The first-order chi connectivity index (χ1) is 9.49. The van der Waals surface area contributed by atoms with Crippen molar-refractivity contribution in [2.75, 3.05) is 11.4 Å². The minimum atomic E-state index is -4.47. The topological polar surface area (TPSA) is 46.8 Å². The maximum absolute atomic E-state index is 12.7. The molecule has 0 saturated carbocycles. The molecule has 0 aliphatic carbocycles. The molecule has 2 aromatic heterocycles. The number of halogens is 4. The fourth-order valence-corrected chi connectivity index (χ4v) is 3.11. The van der Waals surface area contributed by atoms with Crippen LogP contribution in [0, 0.1) is 0 Å². The van der Waals surface area contributed by atoms with Crippen molar-refractivity contribution in [1.29, 1.82) is 0 Å². The lowest BCUT2D eigenvalue weighted by Crippen LogP contribution is -2.35. The van der Waals surface area contributed by atoms with Gasteiger partial charge in [-0.1, -0.05) is 0 Å². The molecule has 3 rings (SSSR count). The second-order valence-electron chi connectivity index (χ2n) is 4.27. The van der Waals surface area contributed by atoms with Crippen LogP contribution in [0.2, 0.25) is 0 Å². The van der Waals surface area contributed by atoms with Crippen LogP contribution in [-0.2, 0) is 25.1 Å². The van der Waals surface area contributed by atoms with Crippen molar-refractivity contribution in [3.8, 4) is 0 Å². The fourth-order valence-electron chi connectivity index (χ4n) is 2.03. The molecule has 0 spiro atoms. The van der Waals surface area contributed by atoms with Crippen molar-refractivity contribution >= 4 is 28.1 Å². The van der Waals surface area contributed by atoms with Crippen molar-refractivity contribution in [3.63, 3.8) is 0 Å². The van der Waals surface area contributed by atoms with E-state index < -0.39 is 12.0 Å². The maximum atomic E-state index is 12.7. The lowest BCUT2D eigenvalue weighted by molar-refractivity contribution is -0.147. The molecule has 0 unspecified atom stereocenters. The van der Waals surface area contributed by atoms with Crippen LogP contribution in [0.3, 0.4) is 0 Å². The van der Waals surface area contributed by atoms with Gasteiger partial charge in [0.2, 0.25) is 5.82 Å². The minimum Gasteiger partial charge on any atom is -0.339 e. The summed E-state index contributed by atoms with van der Waals surface area (Å²) in [4.78, 5) is 6.19. The van der Waals surface area contributed by atoms with E-state index in [-0.39, 0.29) is 13.1 Å². The van der Waals surface area contributed by atoms with E-state index in [1.807, 2.05) is 10.3 Å². The lowest BCUT2D eigenvalue weighted by Gasteiger charge is -2.27. The van der Waals surface area contributed by atoms with E-state index in [0.717, 1.165) is 15.4 Å². The quantitative estimate of drug-likeness (QED) is 0.797. The third-order valence-electron chi connectivity index (χ3n) is 2.95. The van der Waals surface area contributed by atoms with Gasteiger partial charge in [0.05, 0.1) is 18.1 Å². The summed E-state index contributed by atoms with van der Waals surface area (Å²) >= 11 is 7.11. The van der Waals surface area contributed by atoms with E-state index >= 15 is 0 Å². The number of hydrogen-bond acceptors (Lipinski definition) is 5. The molecule has 20 heavy (non-hydrogen) atoms. The number of aromatic nitrogens is 4. The molecule has 0 saturated heterocycles. The Morgan fingerprint density at radius 2 is 2.10 bits per heavy atom. The zero-order valence-corrected chi connectivity index (χ0v) is 11.6. The molecule has 2 aromatic rings. The second-order valence-corrected chi connectivity index (χ2v) is 5.37. The highest BCUT2D eigenvalue weighted by Gasteiger charge is 2.39. The van der Waals surface area contributed by atoms with Crippen molar-refractivity contribution in [2.45, 2.75) is 25.1 Å². The van der Waals surface area contributed by atoms with Crippen molar-refractivity contribution < 1.29 is 13.2 Å². The molecule has 0 bridgehead atoms. The number of rotatable bonds is 2. The second kappa shape index (κ2) is 4.88. The largest absolute Gasteiger partial charge is 0.451 e. The van der Waals surface area contributed by atoms with Gasteiger partial charge in [0.1, 0.15) is 0 Å². The Hall–Kier alpha value is -1.35. The van der Waals surface area contributed by atoms with Gasteiger partial charge in [0.15, 0.2) is 11.0 Å². The van der Waals surface area contributed by atoms with Crippen molar-refractivity contribution in [3.05, 3.63) is 22.7 Å². The molecule has 0 amide bonds. The highest BCUT2D eigenvalue weighted by Crippen LogP contribution is 2.31. The molecule has 1 aliphatic heterocycles. The van der Waals surface area contributed by atoms with Crippen molar-refractivity contribution in [1.82, 2.24) is 19.7 Å². The molecule has 0 aromatic carbocycles. The average Bonchev–Trinajstić information content (AvgIpc) is 3.03. The van der Waals surface area contributed by atoms with Crippen LogP contribution in [0.15, 0.2) is 5.38 Å². The van der Waals surface area contributed by atoms with Gasteiger partial charge >= 0.3 is 6.18 Å².